The SMILES string of the molecule is Nc1ccc2nc(NCCOC3CCCC3)oc2c1. The number of nitrogens with one attached hydrogen (secondary N) is 1. The van der Waals surface area contributed by atoms with Crippen LogP contribution in [0.4, 0.5) is 11.7 Å². The van der Waals surface area contributed by atoms with Gasteiger partial charge in [-0.3, -0.25) is 0 Å². The predicted molar refractivity (Wildman–Crippen MR) is 75.1 cm³/mol. The molecule has 19 heavy (non-hydrogen) atoms. The molecule has 0 bridgehead atoms. The maximum atomic E-state index is 5.77. The summed E-state index contributed by atoms with van der Waals surface area (Å²) in [5, 5.41) is 3.13. The van der Waals surface area contributed by atoms with E-state index in [0.29, 0.717) is 36.5 Å². The highest BCUT2D eigenvalue weighted by Gasteiger charge is 2.14. The fraction of sp³-hybridized carbons (Fsp3) is 0.500. The second-order valence-electron chi connectivity index (χ2n) is 4.95. The molecule has 5 nitrogen and oxygen atoms in total. The van der Waals surface area contributed by atoms with Gasteiger partial charge in [0.1, 0.15) is 5.52 Å². The Kier molecular flexibility index (Phi) is 3.55. The molecule has 1 saturated carbocycles. The minimum Gasteiger partial charge on any atom is -0.423 e. The monoisotopic (exact) mass is 261 g/mol. The molecule has 0 atom stereocenters. The molecule has 0 aliphatic heterocycles. The number of nitrogens with two attached hydrogens (primary N) is 1. The van der Waals surface area contributed by atoms with E-state index in [-0.39, 0.29) is 0 Å². The van der Waals surface area contributed by atoms with Crippen LogP contribution in [0, 0.1) is 0 Å². The standard InChI is InChI=1S/C14H19N3O2/c15-10-5-6-12-13(9-10)19-14(17-12)16-7-8-18-11-3-1-2-4-11/h5-6,9,11H,1-4,7-8,15H2,(H,16,17). The number of aromatic nitrogens is 1. The second-order valence-corrected chi connectivity index (χ2v) is 4.95. The van der Waals surface area contributed by atoms with Crippen molar-refractivity contribution in [2.24, 2.45) is 0 Å². The summed E-state index contributed by atoms with van der Waals surface area (Å²) >= 11 is 0. The zero-order valence-corrected chi connectivity index (χ0v) is 10.9. The molecule has 0 spiro atoms. The van der Waals surface area contributed by atoms with Gasteiger partial charge in [0, 0.05) is 18.3 Å². The Labute approximate surface area is 112 Å². The first-order valence-electron chi connectivity index (χ1n) is 6.83. The third-order valence-corrected chi connectivity index (χ3v) is 3.45. The van der Waals surface area contributed by atoms with Crippen molar-refractivity contribution in [3.05, 3.63) is 18.2 Å². The molecule has 0 amide bonds. The van der Waals surface area contributed by atoms with E-state index in [9.17, 15) is 0 Å². The predicted octanol–water partition coefficient (Wildman–Crippen LogP) is 2.78. The number of hydrogen-bond acceptors (Lipinski definition) is 5. The lowest BCUT2D eigenvalue weighted by atomic mass is 10.3. The quantitative estimate of drug-likeness (QED) is 0.639. The molecular weight excluding hydrogens is 242 g/mol. The summed E-state index contributed by atoms with van der Waals surface area (Å²) in [6, 6.07) is 5.98. The molecule has 102 valence electrons. The molecular formula is C14H19N3O2. The molecule has 1 heterocycles. The third-order valence-electron chi connectivity index (χ3n) is 3.45. The summed E-state index contributed by atoms with van der Waals surface area (Å²) in [4.78, 5) is 4.33. The Bertz CT molecular complexity index is 547. The van der Waals surface area contributed by atoms with Crippen molar-refractivity contribution >= 4 is 22.8 Å². The second kappa shape index (κ2) is 5.48. The van der Waals surface area contributed by atoms with Gasteiger partial charge in [0.05, 0.1) is 12.7 Å². The highest BCUT2D eigenvalue weighted by Crippen LogP contribution is 2.22. The molecule has 0 saturated heterocycles. The van der Waals surface area contributed by atoms with E-state index >= 15 is 0 Å². The number of anilines is 2. The number of nitrogens with zero attached hydrogens (tertiary/aromatic N) is 1. The minimum absolute atomic E-state index is 0.449. The zero-order valence-electron chi connectivity index (χ0n) is 10.9. The minimum atomic E-state index is 0.449. The largest absolute Gasteiger partial charge is 0.423 e. The molecule has 2 aromatic rings. The summed E-state index contributed by atoms with van der Waals surface area (Å²) in [6.07, 6.45) is 5.44. The van der Waals surface area contributed by atoms with E-state index in [1.54, 1.807) is 6.07 Å². The molecule has 1 aliphatic rings. The molecule has 3 N–H and O–H groups in total. The topological polar surface area (TPSA) is 73.3 Å². The average Bonchev–Trinajstić information content (AvgIpc) is 3.02. The maximum absolute atomic E-state index is 5.77. The van der Waals surface area contributed by atoms with Crippen LogP contribution < -0.4 is 11.1 Å². The number of ether oxygens (including phenoxy) is 1. The van der Waals surface area contributed by atoms with Crippen LogP contribution in [0.15, 0.2) is 22.6 Å². The summed E-state index contributed by atoms with van der Waals surface area (Å²) < 4.78 is 11.3. The van der Waals surface area contributed by atoms with Gasteiger partial charge in [0.25, 0.3) is 6.01 Å². The van der Waals surface area contributed by atoms with Crippen molar-refractivity contribution in [3.63, 3.8) is 0 Å². The molecule has 1 aromatic heterocycles. The van der Waals surface area contributed by atoms with Crippen molar-refractivity contribution in [1.29, 1.82) is 0 Å². The van der Waals surface area contributed by atoms with Gasteiger partial charge >= 0.3 is 0 Å². The van der Waals surface area contributed by atoms with Crippen LogP contribution >= 0.6 is 0 Å². The Balaban J connectivity index is 1.50. The van der Waals surface area contributed by atoms with Gasteiger partial charge in [0.15, 0.2) is 5.58 Å². The summed E-state index contributed by atoms with van der Waals surface area (Å²) in [7, 11) is 0. The number of hydrogen-bond donors (Lipinski definition) is 2. The van der Waals surface area contributed by atoms with E-state index in [1.165, 1.54) is 25.7 Å². The smallest absolute Gasteiger partial charge is 0.295 e. The first-order chi connectivity index (χ1) is 9.31. The maximum Gasteiger partial charge on any atom is 0.295 e. The lowest BCUT2D eigenvalue weighted by Crippen LogP contribution is -2.15. The number of benzene rings is 1. The van der Waals surface area contributed by atoms with Gasteiger partial charge in [-0.05, 0) is 25.0 Å². The first-order valence-corrected chi connectivity index (χ1v) is 6.83. The van der Waals surface area contributed by atoms with Gasteiger partial charge in [-0.15, -0.1) is 0 Å². The van der Waals surface area contributed by atoms with Crippen LogP contribution in [-0.2, 0) is 4.74 Å². The Morgan fingerprint density at radius 2 is 2.21 bits per heavy atom. The van der Waals surface area contributed by atoms with Crippen molar-refractivity contribution in [1.82, 2.24) is 4.98 Å². The van der Waals surface area contributed by atoms with Gasteiger partial charge in [-0.25, -0.2) is 0 Å². The fourth-order valence-electron chi connectivity index (χ4n) is 2.46. The van der Waals surface area contributed by atoms with Crippen LogP contribution in [0.2, 0.25) is 0 Å². The van der Waals surface area contributed by atoms with Crippen LogP contribution in [-0.4, -0.2) is 24.2 Å². The average molecular weight is 261 g/mol. The van der Waals surface area contributed by atoms with Crippen molar-refractivity contribution in [3.8, 4) is 0 Å². The molecule has 1 aromatic carbocycles. The molecule has 5 heteroatoms. The van der Waals surface area contributed by atoms with Crippen molar-refractivity contribution < 1.29 is 9.15 Å². The van der Waals surface area contributed by atoms with Gasteiger partial charge < -0.3 is 20.2 Å². The van der Waals surface area contributed by atoms with E-state index in [0.717, 1.165) is 5.52 Å². The number of nitrogen functional groups attached to an aromatic ring is 1. The number of rotatable bonds is 5. The van der Waals surface area contributed by atoms with E-state index in [2.05, 4.69) is 10.3 Å². The lowest BCUT2D eigenvalue weighted by Gasteiger charge is -2.10. The van der Waals surface area contributed by atoms with E-state index in [1.807, 2.05) is 12.1 Å². The van der Waals surface area contributed by atoms with Crippen LogP contribution in [0.3, 0.4) is 0 Å². The number of oxazole rings is 1. The highest BCUT2D eigenvalue weighted by atomic mass is 16.5. The normalized spacial score (nSPS) is 16.2. The summed E-state index contributed by atoms with van der Waals surface area (Å²) in [6.45, 7) is 1.39. The fourth-order valence-corrected chi connectivity index (χ4v) is 2.46. The highest BCUT2D eigenvalue weighted by molar-refractivity contribution is 5.77. The lowest BCUT2D eigenvalue weighted by molar-refractivity contribution is 0.0657. The van der Waals surface area contributed by atoms with Crippen molar-refractivity contribution in [2.75, 3.05) is 24.2 Å². The molecule has 1 aliphatic carbocycles. The zero-order chi connectivity index (χ0) is 13.1. The Morgan fingerprint density at radius 3 is 3.05 bits per heavy atom. The van der Waals surface area contributed by atoms with Gasteiger partial charge in [-0.1, -0.05) is 12.8 Å². The molecule has 3 rings (SSSR count). The first kappa shape index (κ1) is 12.3. The van der Waals surface area contributed by atoms with Gasteiger partial charge in [-0.2, -0.15) is 4.98 Å². The Hall–Kier alpha value is -1.75. The third kappa shape index (κ3) is 2.98. The van der Waals surface area contributed by atoms with Crippen LogP contribution in [0.1, 0.15) is 25.7 Å². The summed E-state index contributed by atoms with van der Waals surface area (Å²) in [5.41, 5.74) is 7.90. The van der Waals surface area contributed by atoms with E-state index in [4.69, 9.17) is 14.9 Å². The molecule has 0 unspecified atom stereocenters. The van der Waals surface area contributed by atoms with E-state index < -0.39 is 0 Å². The van der Waals surface area contributed by atoms with Gasteiger partial charge in [0.2, 0.25) is 0 Å². The molecule has 0 radical (unpaired) electrons. The van der Waals surface area contributed by atoms with Crippen molar-refractivity contribution in [2.45, 2.75) is 31.8 Å². The van der Waals surface area contributed by atoms with Crippen LogP contribution in [0.5, 0.6) is 0 Å². The Morgan fingerprint density at radius 1 is 1.37 bits per heavy atom. The van der Waals surface area contributed by atoms with Crippen LogP contribution in [0.25, 0.3) is 11.1 Å². The molecule has 1 fully saturated rings. The number of fused-ring (bicyclic) bond motifs is 1. The summed E-state index contributed by atoms with van der Waals surface area (Å²) in [5.74, 6) is 0.